The van der Waals surface area contributed by atoms with Gasteiger partial charge in [0.25, 0.3) is 0 Å². The van der Waals surface area contributed by atoms with Gasteiger partial charge in [-0.05, 0) is 65.8 Å². The monoisotopic (exact) mass is 275 g/mol. The first-order valence-corrected chi connectivity index (χ1v) is 7.38. The third-order valence-electron chi connectivity index (χ3n) is 4.23. The van der Waals surface area contributed by atoms with Crippen molar-refractivity contribution in [1.29, 1.82) is 0 Å². The van der Waals surface area contributed by atoms with Crippen molar-refractivity contribution < 1.29 is 0 Å². The van der Waals surface area contributed by atoms with Gasteiger partial charge in [-0.25, -0.2) is 0 Å². The Morgan fingerprint density at radius 2 is 1.86 bits per heavy atom. The third-order valence-corrected chi connectivity index (χ3v) is 4.23. The van der Waals surface area contributed by atoms with E-state index in [2.05, 4.69) is 80.4 Å². The highest BCUT2D eigenvalue weighted by atomic mass is 14.9. The van der Waals surface area contributed by atoms with Crippen molar-refractivity contribution >= 4 is 6.08 Å². The lowest BCUT2D eigenvalue weighted by Crippen LogP contribution is -1.89. The lowest BCUT2D eigenvalue weighted by Gasteiger charge is -2.03. The van der Waals surface area contributed by atoms with E-state index >= 15 is 0 Å². The van der Waals surface area contributed by atoms with Crippen molar-refractivity contribution in [2.24, 2.45) is 5.92 Å². The Balaban J connectivity index is 1.90. The molecule has 1 unspecified atom stereocenters. The zero-order valence-corrected chi connectivity index (χ0v) is 12.8. The molecule has 0 bridgehead atoms. The SMILES string of the molecule is C=C1CC(C)C(=C)/C1=C\c1ccn(-c2ccc(C)cc2)c1. The predicted molar refractivity (Wildman–Crippen MR) is 90.5 cm³/mol. The number of aryl methyl sites for hydroxylation is 1. The van der Waals surface area contributed by atoms with Gasteiger partial charge in [0.05, 0.1) is 0 Å². The summed E-state index contributed by atoms with van der Waals surface area (Å²) in [4.78, 5) is 0. The van der Waals surface area contributed by atoms with E-state index in [0.29, 0.717) is 5.92 Å². The molecule has 1 heterocycles. The van der Waals surface area contributed by atoms with E-state index in [-0.39, 0.29) is 0 Å². The van der Waals surface area contributed by atoms with Gasteiger partial charge in [0, 0.05) is 18.1 Å². The zero-order chi connectivity index (χ0) is 15.0. The molecule has 0 amide bonds. The third kappa shape index (κ3) is 2.64. The molecular weight excluding hydrogens is 254 g/mol. The minimum absolute atomic E-state index is 0.517. The first-order valence-electron chi connectivity index (χ1n) is 7.38. The summed E-state index contributed by atoms with van der Waals surface area (Å²) in [6.45, 7) is 12.7. The molecule has 21 heavy (non-hydrogen) atoms. The van der Waals surface area contributed by atoms with Crippen LogP contribution in [0.4, 0.5) is 0 Å². The van der Waals surface area contributed by atoms with Crippen molar-refractivity contribution in [3.8, 4) is 5.69 Å². The summed E-state index contributed by atoms with van der Waals surface area (Å²) in [5.41, 5.74) is 7.30. The Kier molecular flexibility index (Phi) is 3.42. The first kappa shape index (κ1) is 13.7. The standard InChI is InChI=1S/C20H21N/c1-14-5-7-19(8-6-14)21-10-9-18(13-21)12-20-16(3)11-15(2)17(20)4/h5-10,12-13,15H,3-4,11H2,1-2H3/b20-12-. The predicted octanol–water partition coefficient (Wildman–Crippen LogP) is 5.32. The van der Waals surface area contributed by atoms with Crippen LogP contribution in [0.5, 0.6) is 0 Å². The summed E-state index contributed by atoms with van der Waals surface area (Å²) in [7, 11) is 0. The average Bonchev–Trinajstić information content (AvgIpc) is 3.01. The molecule has 0 spiro atoms. The van der Waals surface area contributed by atoms with Gasteiger partial charge in [0.1, 0.15) is 0 Å². The molecule has 1 fully saturated rings. The van der Waals surface area contributed by atoms with Gasteiger partial charge in [0.15, 0.2) is 0 Å². The molecule has 0 radical (unpaired) electrons. The molecule has 1 heteroatoms. The highest BCUT2D eigenvalue weighted by Gasteiger charge is 2.22. The van der Waals surface area contributed by atoms with Crippen LogP contribution in [0.2, 0.25) is 0 Å². The summed E-state index contributed by atoms with van der Waals surface area (Å²) >= 11 is 0. The molecule has 1 aromatic heterocycles. The minimum atomic E-state index is 0.517. The summed E-state index contributed by atoms with van der Waals surface area (Å²) in [6.07, 6.45) is 7.49. The Bertz CT molecular complexity index is 725. The van der Waals surface area contributed by atoms with Crippen molar-refractivity contribution in [3.63, 3.8) is 0 Å². The van der Waals surface area contributed by atoms with E-state index in [0.717, 1.165) is 6.42 Å². The fourth-order valence-electron chi connectivity index (χ4n) is 2.83. The fourth-order valence-corrected chi connectivity index (χ4v) is 2.83. The summed E-state index contributed by atoms with van der Waals surface area (Å²) in [5.74, 6) is 0.517. The van der Waals surface area contributed by atoms with Crippen molar-refractivity contribution in [1.82, 2.24) is 4.57 Å². The van der Waals surface area contributed by atoms with Crippen LogP contribution in [0, 0.1) is 12.8 Å². The lowest BCUT2D eigenvalue weighted by molar-refractivity contribution is 0.745. The molecule has 0 aliphatic heterocycles. The smallest absolute Gasteiger partial charge is 0.0449 e. The van der Waals surface area contributed by atoms with Gasteiger partial charge in [-0.15, -0.1) is 0 Å². The van der Waals surface area contributed by atoms with Gasteiger partial charge in [-0.2, -0.15) is 0 Å². The van der Waals surface area contributed by atoms with Crippen LogP contribution in [-0.4, -0.2) is 4.57 Å². The number of allylic oxidation sites excluding steroid dienone is 3. The van der Waals surface area contributed by atoms with E-state index in [1.54, 1.807) is 0 Å². The maximum absolute atomic E-state index is 4.20. The van der Waals surface area contributed by atoms with E-state index in [4.69, 9.17) is 0 Å². The summed E-state index contributed by atoms with van der Waals surface area (Å²) < 4.78 is 2.15. The topological polar surface area (TPSA) is 4.93 Å². The van der Waals surface area contributed by atoms with Gasteiger partial charge >= 0.3 is 0 Å². The Labute approximate surface area is 126 Å². The zero-order valence-electron chi connectivity index (χ0n) is 12.8. The van der Waals surface area contributed by atoms with Gasteiger partial charge in [0.2, 0.25) is 0 Å². The number of aromatic nitrogens is 1. The maximum atomic E-state index is 4.20. The van der Waals surface area contributed by atoms with Crippen LogP contribution in [0.25, 0.3) is 11.8 Å². The highest BCUT2D eigenvalue weighted by Crippen LogP contribution is 2.39. The van der Waals surface area contributed by atoms with Crippen LogP contribution in [0.1, 0.15) is 24.5 Å². The number of benzene rings is 1. The number of nitrogens with zero attached hydrogens (tertiary/aromatic N) is 1. The second-order valence-corrected chi connectivity index (χ2v) is 5.98. The summed E-state index contributed by atoms with van der Waals surface area (Å²) in [6, 6.07) is 10.7. The van der Waals surface area contributed by atoms with E-state index in [9.17, 15) is 0 Å². The van der Waals surface area contributed by atoms with E-state index < -0.39 is 0 Å². The van der Waals surface area contributed by atoms with Gasteiger partial charge < -0.3 is 4.57 Å². The molecular formula is C20H21N. The van der Waals surface area contributed by atoms with Crippen molar-refractivity contribution in [2.45, 2.75) is 20.3 Å². The van der Waals surface area contributed by atoms with Crippen molar-refractivity contribution in [3.05, 3.63) is 83.7 Å². The molecule has 2 aromatic rings. The first-order chi connectivity index (χ1) is 10.0. The van der Waals surface area contributed by atoms with Crippen molar-refractivity contribution in [2.75, 3.05) is 0 Å². The molecule has 1 aliphatic rings. The lowest BCUT2D eigenvalue weighted by atomic mass is 10.0. The van der Waals surface area contributed by atoms with E-state index in [1.165, 1.54) is 33.5 Å². The quantitative estimate of drug-likeness (QED) is 0.699. The molecule has 3 rings (SSSR count). The molecule has 1 aliphatic carbocycles. The number of hydrogen-bond donors (Lipinski definition) is 0. The number of rotatable bonds is 2. The Morgan fingerprint density at radius 3 is 2.48 bits per heavy atom. The molecule has 1 atom stereocenters. The minimum Gasteiger partial charge on any atom is -0.323 e. The van der Waals surface area contributed by atoms with Crippen LogP contribution in [0.3, 0.4) is 0 Å². The Hall–Kier alpha value is -2.28. The van der Waals surface area contributed by atoms with Crippen LogP contribution < -0.4 is 0 Å². The largest absolute Gasteiger partial charge is 0.323 e. The van der Waals surface area contributed by atoms with Crippen LogP contribution in [0.15, 0.2) is 72.6 Å². The second kappa shape index (κ2) is 5.25. The van der Waals surface area contributed by atoms with E-state index in [1.807, 2.05) is 0 Å². The molecule has 1 saturated carbocycles. The molecule has 1 nitrogen and oxygen atoms in total. The van der Waals surface area contributed by atoms with Crippen LogP contribution in [-0.2, 0) is 0 Å². The molecule has 106 valence electrons. The summed E-state index contributed by atoms with van der Waals surface area (Å²) in [5, 5.41) is 0. The second-order valence-electron chi connectivity index (χ2n) is 5.98. The maximum Gasteiger partial charge on any atom is 0.0449 e. The fraction of sp³-hybridized carbons (Fsp3) is 0.200. The molecule has 0 saturated heterocycles. The van der Waals surface area contributed by atoms with Gasteiger partial charge in [-0.3, -0.25) is 0 Å². The normalized spacial score (nSPS) is 20.5. The van der Waals surface area contributed by atoms with Gasteiger partial charge in [-0.1, -0.05) is 37.8 Å². The van der Waals surface area contributed by atoms with Crippen LogP contribution >= 0.6 is 0 Å². The number of hydrogen-bond acceptors (Lipinski definition) is 0. The molecule has 1 aromatic carbocycles. The average molecular weight is 275 g/mol. The Morgan fingerprint density at radius 1 is 1.14 bits per heavy atom. The molecule has 0 N–H and O–H groups in total. The highest BCUT2D eigenvalue weighted by molar-refractivity contribution is 5.67.